The van der Waals surface area contributed by atoms with E-state index in [4.69, 9.17) is 18.9 Å². The van der Waals surface area contributed by atoms with E-state index in [0.29, 0.717) is 13.2 Å². The van der Waals surface area contributed by atoms with E-state index in [1.165, 1.54) is 0 Å². The van der Waals surface area contributed by atoms with Crippen LogP contribution >= 0.6 is 24.0 Å². The molecule has 1 atom stereocenters. The van der Waals surface area contributed by atoms with Crippen molar-refractivity contribution < 1.29 is 18.9 Å². The van der Waals surface area contributed by atoms with Crippen molar-refractivity contribution in [3.05, 3.63) is 23.8 Å². The van der Waals surface area contributed by atoms with Crippen molar-refractivity contribution in [1.29, 1.82) is 0 Å². The van der Waals surface area contributed by atoms with Crippen LogP contribution in [0, 0.1) is 0 Å². The Labute approximate surface area is 179 Å². The highest BCUT2D eigenvalue weighted by molar-refractivity contribution is 14.0. The molecule has 7 nitrogen and oxygen atoms in total. The van der Waals surface area contributed by atoms with Gasteiger partial charge in [0.25, 0.3) is 0 Å². The van der Waals surface area contributed by atoms with Crippen LogP contribution in [-0.4, -0.2) is 59.2 Å². The first-order valence-electron chi connectivity index (χ1n) is 9.20. The Hall–Kier alpha value is -1.26. The second-order valence-electron chi connectivity index (χ2n) is 5.98. The molecule has 1 unspecified atom stereocenters. The van der Waals surface area contributed by atoms with Gasteiger partial charge in [-0.05, 0) is 37.5 Å². The summed E-state index contributed by atoms with van der Waals surface area (Å²) >= 11 is 0. The summed E-state index contributed by atoms with van der Waals surface area (Å²) < 4.78 is 22.0. The van der Waals surface area contributed by atoms with E-state index in [2.05, 4.69) is 15.6 Å². The highest BCUT2D eigenvalue weighted by Gasteiger charge is 2.15. The van der Waals surface area contributed by atoms with Crippen molar-refractivity contribution in [3.63, 3.8) is 0 Å². The van der Waals surface area contributed by atoms with Gasteiger partial charge in [-0.1, -0.05) is 6.07 Å². The molecule has 2 rings (SSSR count). The standard InChI is InChI=1S/C19H31N3O4.HI/c1-4-25-17-7-6-15(12-18(17)23-3)13-22-19(20-2)21-9-5-10-26-16-8-11-24-14-16;/h6-7,12,16H,4-5,8-11,13-14H2,1-3H3,(H2,20,21,22);1H. The van der Waals surface area contributed by atoms with Gasteiger partial charge in [-0.15, -0.1) is 24.0 Å². The van der Waals surface area contributed by atoms with Crippen LogP contribution < -0.4 is 20.1 Å². The number of nitrogens with zero attached hydrogens (tertiary/aromatic N) is 1. The number of guanidine groups is 1. The third-order valence-corrected chi connectivity index (χ3v) is 4.07. The Kier molecular flexibility index (Phi) is 12.2. The quantitative estimate of drug-likeness (QED) is 0.226. The fraction of sp³-hybridized carbons (Fsp3) is 0.632. The molecule has 0 bridgehead atoms. The number of aliphatic imine (C=N–C) groups is 1. The maximum absolute atomic E-state index is 5.75. The van der Waals surface area contributed by atoms with E-state index in [-0.39, 0.29) is 30.1 Å². The molecule has 8 heteroatoms. The van der Waals surface area contributed by atoms with Crippen LogP contribution in [-0.2, 0) is 16.0 Å². The lowest BCUT2D eigenvalue weighted by molar-refractivity contribution is 0.0420. The Morgan fingerprint density at radius 1 is 1.30 bits per heavy atom. The van der Waals surface area contributed by atoms with Gasteiger partial charge in [0.15, 0.2) is 17.5 Å². The second kappa shape index (κ2) is 13.8. The van der Waals surface area contributed by atoms with Gasteiger partial charge in [-0.25, -0.2) is 0 Å². The molecule has 1 aliphatic rings. The minimum absolute atomic E-state index is 0. The molecule has 0 aliphatic carbocycles. The van der Waals surface area contributed by atoms with Crippen LogP contribution in [0.25, 0.3) is 0 Å². The number of hydrogen-bond donors (Lipinski definition) is 2. The van der Waals surface area contributed by atoms with Gasteiger partial charge in [0.2, 0.25) is 0 Å². The van der Waals surface area contributed by atoms with Gasteiger partial charge in [0, 0.05) is 33.4 Å². The first-order valence-corrected chi connectivity index (χ1v) is 9.20. The number of halogens is 1. The van der Waals surface area contributed by atoms with Gasteiger partial charge in [0.1, 0.15) is 0 Å². The Balaban J connectivity index is 0.00000364. The van der Waals surface area contributed by atoms with Crippen molar-refractivity contribution in [2.45, 2.75) is 32.4 Å². The maximum Gasteiger partial charge on any atom is 0.191 e. The van der Waals surface area contributed by atoms with E-state index >= 15 is 0 Å². The normalized spacial score (nSPS) is 16.6. The molecular formula is C19H32IN3O4. The zero-order chi connectivity index (χ0) is 18.6. The molecule has 1 heterocycles. The van der Waals surface area contributed by atoms with Gasteiger partial charge in [-0.2, -0.15) is 0 Å². The minimum atomic E-state index is 0. The predicted octanol–water partition coefficient (Wildman–Crippen LogP) is 2.57. The Morgan fingerprint density at radius 2 is 2.15 bits per heavy atom. The molecular weight excluding hydrogens is 461 g/mol. The topological polar surface area (TPSA) is 73.3 Å². The summed E-state index contributed by atoms with van der Waals surface area (Å²) in [7, 11) is 3.41. The van der Waals surface area contributed by atoms with Gasteiger partial charge in [-0.3, -0.25) is 4.99 Å². The molecule has 0 radical (unpaired) electrons. The van der Waals surface area contributed by atoms with E-state index in [0.717, 1.165) is 62.2 Å². The fourth-order valence-corrected chi connectivity index (χ4v) is 2.68. The molecule has 1 aromatic carbocycles. The van der Waals surface area contributed by atoms with Crippen LogP contribution in [0.3, 0.4) is 0 Å². The van der Waals surface area contributed by atoms with Crippen molar-refractivity contribution in [1.82, 2.24) is 10.6 Å². The first kappa shape index (κ1) is 23.8. The maximum atomic E-state index is 5.75. The molecule has 0 aromatic heterocycles. The van der Waals surface area contributed by atoms with Crippen LogP contribution in [0.4, 0.5) is 0 Å². The molecule has 1 aromatic rings. The van der Waals surface area contributed by atoms with Crippen LogP contribution in [0.15, 0.2) is 23.2 Å². The summed E-state index contributed by atoms with van der Waals surface area (Å²) in [5, 5.41) is 6.60. The molecule has 1 fully saturated rings. The van der Waals surface area contributed by atoms with Crippen molar-refractivity contribution in [2.75, 3.05) is 47.1 Å². The fourth-order valence-electron chi connectivity index (χ4n) is 2.68. The van der Waals surface area contributed by atoms with E-state index in [1.54, 1.807) is 14.2 Å². The lowest BCUT2D eigenvalue weighted by Crippen LogP contribution is -2.37. The largest absolute Gasteiger partial charge is 0.493 e. The van der Waals surface area contributed by atoms with E-state index in [9.17, 15) is 0 Å². The van der Waals surface area contributed by atoms with Crippen LogP contribution in [0.2, 0.25) is 0 Å². The summed E-state index contributed by atoms with van der Waals surface area (Å²) in [6.07, 6.45) is 2.19. The van der Waals surface area contributed by atoms with E-state index in [1.807, 2.05) is 25.1 Å². The smallest absolute Gasteiger partial charge is 0.191 e. The minimum Gasteiger partial charge on any atom is -0.493 e. The second-order valence-corrected chi connectivity index (χ2v) is 5.98. The van der Waals surface area contributed by atoms with Gasteiger partial charge < -0.3 is 29.6 Å². The average Bonchev–Trinajstić information content (AvgIpc) is 3.18. The zero-order valence-corrected chi connectivity index (χ0v) is 18.8. The summed E-state index contributed by atoms with van der Waals surface area (Å²) in [6, 6.07) is 5.92. The Bertz CT molecular complexity index is 566. The summed E-state index contributed by atoms with van der Waals surface area (Å²) in [5.41, 5.74) is 1.10. The molecule has 154 valence electrons. The SMILES string of the molecule is CCOc1ccc(CNC(=NC)NCCCOC2CCOC2)cc1OC.I. The monoisotopic (exact) mass is 493 g/mol. The number of nitrogens with one attached hydrogen (secondary N) is 2. The first-order chi connectivity index (χ1) is 12.8. The molecule has 1 saturated heterocycles. The Morgan fingerprint density at radius 3 is 2.81 bits per heavy atom. The molecule has 27 heavy (non-hydrogen) atoms. The number of rotatable bonds is 10. The zero-order valence-electron chi connectivity index (χ0n) is 16.5. The number of methoxy groups -OCH3 is 1. The number of hydrogen-bond acceptors (Lipinski definition) is 5. The average molecular weight is 493 g/mol. The van der Waals surface area contributed by atoms with Crippen molar-refractivity contribution in [3.8, 4) is 11.5 Å². The number of benzene rings is 1. The third kappa shape index (κ3) is 8.52. The van der Waals surface area contributed by atoms with Crippen molar-refractivity contribution >= 4 is 29.9 Å². The molecule has 0 spiro atoms. The van der Waals surface area contributed by atoms with Gasteiger partial charge >= 0.3 is 0 Å². The van der Waals surface area contributed by atoms with E-state index < -0.39 is 0 Å². The highest BCUT2D eigenvalue weighted by atomic mass is 127. The third-order valence-electron chi connectivity index (χ3n) is 4.07. The lowest BCUT2D eigenvalue weighted by atomic mass is 10.2. The highest BCUT2D eigenvalue weighted by Crippen LogP contribution is 2.27. The summed E-state index contributed by atoms with van der Waals surface area (Å²) in [6.45, 7) is 6.30. The van der Waals surface area contributed by atoms with Crippen molar-refractivity contribution in [2.24, 2.45) is 4.99 Å². The molecule has 2 N–H and O–H groups in total. The summed E-state index contributed by atoms with van der Waals surface area (Å²) in [4.78, 5) is 4.25. The van der Waals surface area contributed by atoms with Gasteiger partial charge in [0.05, 0.1) is 26.4 Å². The molecule has 0 saturated carbocycles. The predicted molar refractivity (Wildman–Crippen MR) is 118 cm³/mol. The molecule has 0 amide bonds. The number of ether oxygens (including phenoxy) is 4. The van der Waals surface area contributed by atoms with Crippen LogP contribution in [0.5, 0.6) is 11.5 Å². The molecule has 1 aliphatic heterocycles. The van der Waals surface area contributed by atoms with Crippen LogP contribution in [0.1, 0.15) is 25.3 Å². The lowest BCUT2D eigenvalue weighted by Gasteiger charge is -2.14. The summed E-state index contributed by atoms with van der Waals surface area (Å²) in [5.74, 6) is 2.26.